The number of benzene rings is 3. The van der Waals surface area contributed by atoms with Gasteiger partial charge in [-0.15, -0.1) is 0 Å². The minimum absolute atomic E-state index is 0.0439. The van der Waals surface area contributed by atoms with Crippen molar-refractivity contribution in [1.29, 1.82) is 0 Å². The number of anilines is 2. The first kappa shape index (κ1) is 16.8. The molecule has 134 valence electrons. The van der Waals surface area contributed by atoms with Crippen molar-refractivity contribution >= 4 is 39.1 Å². The molecule has 0 radical (unpaired) electrons. The summed E-state index contributed by atoms with van der Waals surface area (Å²) in [5.41, 5.74) is 8.61. The van der Waals surface area contributed by atoms with Crippen molar-refractivity contribution in [3.63, 3.8) is 0 Å². The molecule has 1 heterocycles. The fourth-order valence-electron chi connectivity index (χ4n) is 3.16. The highest BCUT2D eigenvalue weighted by atomic mass is 16.1. The average Bonchev–Trinajstić information content (AvgIpc) is 2.65. The average molecular weight is 358 g/mol. The van der Waals surface area contributed by atoms with Crippen LogP contribution in [0.1, 0.15) is 22.8 Å². The number of hydrogen-bond acceptors (Lipinski definition) is 5. The van der Waals surface area contributed by atoms with Crippen LogP contribution in [0, 0.1) is 0 Å². The third-order valence-electron chi connectivity index (χ3n) is 4.56. The quantitative estimate of drug-likeness (QED) is 0.383. The summed E-state index contributed by atoms with van der Waals surface area (Å²) in [7, 11) is 0. The number of nitrogens with one attached hydrogen (secondary N) is 2. The lowest BCUT2D eigenvalue weighted by Gasteiger charge is -2.09. The number of nitrogens with two attached hydrogens (primary N) is 1. The van der Waals surface area contributed by atoms with Crippen LogP contribution in [-0.4, -0.2) is 15.8 Å². The van der Waals surface area contributed by atoms with Crippen molar-refractivity contribution in [2.24, 2.45) is 0 Å². The fourth-order valence-corrected chi connectivity index (χ4v) is 3.16. The van der Waals surface area contributed by atoms with Gasteiger partial charge in [-0.25, -0.2) is 4.98 Å². The van der Waals surface area contributed by atoms with Crippen LogP contribution in [0.3, 0.4) is 0 Å². The highest BCUT2D eigenvalue weighted by Gasteiger charge is 2.08. The molecule has 1 aromatic heterocycles. The lowest BCUT2D eigenvalue weighted by molar-refractivity contribution is 0.101. The number of nitrogen functional groups attached to an aromatic ring is 1. The molecule has 0 saturated heterocycles. The van der Waals surface area contributed by atoms with Crippen molar-refractivity contribution in [2.75, 3.05) is 11.1 Å². The van der Waals surface area contributed by atoms with Crippen LogP contribution in [0.15, 0.2) is 59.4 Å². The Morgan fingerprint density at radius 2 is 1.85 bits per heavy atom. The van der Waals surface area contributed by atoms with E-state index in [-0.39, 0.29) is 17.3 Å². The van der Waals surface area contributed by atoms with E-state index in [1.54, 1.807) is 25.1 Å². The first-order chi connectivity index (χ1) is 13.0. The standard InChI is InChI=1S/C21H18N4O2/c1-12(26)14-4-7-16(8-5-14)23-11-13-2-3-15-6-9-18-19(17(15)10-13)20(27)25-21(22)24-18/h2-10,23H,11H2,1H3,(H3,22,24,25,27). The SMILES string of the molecule is CC(=O)c1ccc(NCc2ccc3ccc4nc(N)[nH]c(=O)c4c3c2)cc1. The van der Waals surface area contributed by atoms with Crippen LogP contribution in [0.25, 0.3) is 21.7 Å². The molecule has 27 heavy (non-hydrogen) atoms. The third kappa shape index (κ3) is 3.25. The predicted octanol–water partition coefficient (Wildman–Crippen LogP) is 3.47. The molecule has 0 amide bonds. The Balaban J connectivity index is 1.67. The highest BCUT2D eigenvalue weighted by molar-refractivity contribution is 6.06. The molecule has 6 nitrogen and oxygen atoms in total. The number of rotatable bonds is 4. The van der Waals surface area contributed by atoms with Gasteiger partial charge in [-0.05, 0) is 59.7 Å². The van der Waals surface area contributed by atoms with Crippen LogP contribution in [0.4, 0.5) is 11.6 Å². The minimum Gasteiger partial charge on any atom is -0.381 e. The van der Waals surface area contributed by atoms with Gasteiger partial charge in [-0.1, -0.05) is 18.2 Å². The number of aromatic nitrogens is 2. The summed E-state index contributed by atoms with van der Waals surface area (Å²) in [6, 6.07) is 17.1. The van der Waals surface area contributed by atoms with Gasteiger partial charge in [0.2, 0.25) is 5.95 Å². The molecule has 0 saturated carbocycles. The van der Waals surface area contributed by atoms with E-state index >= 15 is 0 Å². The number of ketones is 1. The molecule has 0 fully saturated rings. The number of aromatic amines is 1. The summed E-state index contributed by atoms with van der Waals surface area (Å²) in [6.07, 6.45) is 0. The number of carbonyl (C=O) groups excluding carboxylic acids is 1. The maximum absolute atomic E-state index is 12.4. The summed E-state index contributed by atoms with van der Waals surface area (Å²) < 4.78 is 0. The van der Waals surface area contributed by atoms with E-state index in [0.717, 1.165) is 22.0 Å². The monoisotopic (exact) mass is 358 g/mol. The van der Waals surface area contributed by atoms with Gasteiger partial charge in [-0.3, -0.25) is 14.6 Å². The van der Waals surface area contributed by atoms with Gasteiger partial charge in [-0.2, -0.15) is 0 Å². The zero-order valence-electron chi connectivity index (χ0n) is 14.7. The van der Waals surface area contributed by atoms with Gasteiger partial charge in [0, 0.05) is 17.8 Å². The molecule has 4 N–H and O–H groups in total. The third-order valence-corrected chi connectivity index (χ3v) is 4.56. The second-order valence-electron chi connectivity index (χ2n) is 6.45. The number of fused-ring (bicyclic) bond motifs is 3. The van der Waals surface area contributed by atoms with Crippen molar-refractivity contribution in [3.8, 4) is 0 Å². The Hall–Kier alpha value is -3.67. The van der Waals surface area contributed by atoms with Crippen LogP contribution < -0.4 is 16.6 Å². The summed E-state index contributed by atoms with van der Waals surface area (Å²) >= 11 is 0. The molecule has 0 unspecified atom stereocenters. The van der Waals surface area contributed by atoms with Gasteiger partial charge in [0.1, 0.15) is 0 Å². The first-order valence-corrected chi connectivity index (χ1v) is 8.57. The van der Waals surface area contributed by atoms with Crippen molar-refractivity contribution < 1.29 is 4.79 Å². The van der Waals surface area contributed by atoms with E-state index in [2.05, 4.69) is 15.3 Å². The van der Waals surface area contributed by atoms with E-state index in [0.29, 0.717) is 23.0 Å². The van der Waals surface area contributed by atoms with E-state index < -0.39 is 0 Å². The lowest BCUT2D eigenvalue weighted by atomic mass is 10.0. The second-order valence-corrected chi connectivity index (χ2v) is 6.45. The number of H-pyrrole nitrogens is 1. The number of hydrogen-bond donors (Lipinski definition) is 3. The van der Waals surface area contributed by atoms with Crippen molar-refractivity contribution in [2.45, 2.75) is 13.5 Å². The fraction of sp³-hybridized carbons (Fsp3) is 0.0952. The zero-order valence-corrected chi connectivity index (χ0v) is 14.7. The van der Waals surface area contributed by atoms with Gasteiger partial charge >= 0.3 is 0 Å². The van der Waals surface area contributed by atoms with E-state index in [1.807, 2.05) is 36.4 Å². The Kier molecular flexibility index (Phi) is 4.08. The zero-order chi connectivity index (χ0) is 19.0. The minimum atomic E-state index is -0.243. The number of Topliss-reactive ketones (excluding diaryl/α,β-unsaturated/α-hetero) is 1. The van der Waals surface area contributed by atoms with Crippen LogP contribution in [0.2, 0.25) is 0 Å². The summed E-state index contributed by atoms with van der Waals surface area (Å²) in [6.45, 7) is 2.14. The van der Waals surface area contributed by atoms with E-state index in [4.69, 9.17) is 5.73 Å². The van der Waals surface area contributed by atoms with Crippen LogP contribution in [-0.2, 0) is 6.54 Å². The smallest absolute Gasteiger partial charge is 0.260 e. The molecular formula is C21H18N4O2. The maximum Gasteiger partial charge on any atom is 0.260 e. The maximum atomic E-state index is 12.4. The highest BCUT2D eigenvalue weighted by Crippen LogP contribution is 2.23. The Morgan fingerprint density at radius 3 is 2.59 bits per heavy atom. The first-order valence-electron chi connectivity index (χ1n) is 8.57. The Bertz CT molecular complexity index is 1230. The van der Waals surface area contributed by atoms with E-state index in [9.17, 15) is 9.59 Å². The second kappa shape index (κ2) is 6.57. The molecular weight excluding hydrogens is 340 g/mol. The summed E-state index contributed by atoms with van der Waals surface area (Å²) in [4.78, 5) is 30.5. The molecule has 0 aliphatic carbocycles. The molecule has 6 heteroatoms. The Morgan fingerprint density at radius 1 is 1.11 bits per heavy atom. The number of nitrogens with zero attached hydrogens (tertiary/aromatic N) is 1. The van der Waals surface area contributed by atoms with Gasteiger partial charge < -0.3 is 11.1 Å². The predicted molar refractivity (Wildman–Crippen MR) is 108 cm³/mol. The Labute approximate surface area is 155 Å². The molecule has 0 bridgehead atoms. The largest absolute Gasteiger partial charge is 0.381 e. The van der Waals surface area contributed by atoms with Crippen molar-refractivity contribution in [3.05, 3.63) is 76.1 Å². The topological polar surface area (TPSA) is 101 Å². The lowest BCUT2D eigenvalue weighted by Crippen LogP contribution is -2.11. The summed E-state index contributed by atoms with van der Waals surface area (Å²) in [5, 5.41) is 5.67. The van der Waals surface area contributed by atoms with Gasteiger partial charge in [0.05, 0.1) is 10.9 Å². The number of carbonyl (C=O) groups is 1. The molecule has 0 spiro atoms. The van der Waals surface area contributed by atoms with Gasteiger partial charge in [0.25, 0.3) is 5.56 Å². The molecule has 4 aromatic rings. The molecule has 0 aliphatic heterocycles. The molecule has 0 atom stereocenters. The van der Waals surface area contributed by atoms with Crippen LogP contribution >= 0.6 is 0 Å². The van der Waals surface area contributed by atoms with E-state index in [1.165, 1.54) is 0 Å². The van der Waals surface area contributed by atoms with Crippen LogP contribution in [0.5, 0.6) is 0 Å². The normalized spacial score (nSPS) is 11.0. The molecule has 4 rings (SSSR count). The van der Waals surface area contributed by atoms with Crippen molar-refractivity contribution in [1.82, 2.24) is 9.97 Å². The molecule has 0 aliphatic rings. The van der Waals surface area contributed by atoms with Gasteiger partial charge in [0.15, 0.2) is 5.78 Å². The summed E-state index contributed by atoms with van der Waals surface area (Å²) in [5.74, 6) is 0.154. The molecule has 3 aromatic carbocycles.